The third-order valence-corrected chi connectivity index (χ3v) is 6.62. The van der Waals surface area contributed by atoms with Crippen LogP contribution in [0.3, 0.4) is 0 Å². The molecule has 4 rings (SSSR count). The van der Waals surface area contributed by atoms with Crippen LogP contribution in [0.5, 0.6) is 17.5 Å². The smallest absolute Gasteiger partial charge is 0.240 e. The number of hydrogen-bond donors (Lipinski definition) is 5. The molecule has 2 aliphatic rings. The molecule has 1 amide bonds. The maximum Gasteiger partial charge on any atom is 0.240 e. The van der Waals surface area contributed by atoms with Gasteiger partial charge >= 0.3 is 0 Å². The Labute approximate surface area is 199 Å². The Kier molecular flexibility index (Phi) is 7.50. The highest BCUT2D eigenvalue weighted by molar-refractivity contribution is 5.76. The van der Waals surface area contributed by atoms with Gasteiger partial charge in [0.15, 0.2) is 11.8 Å². The fraction of sp³-hybridized carbons (Fsp3) is 0.542. The number of hydrogen-bond acceptors (Lipinski definition) is 8. The number of ether oxygens (including phenoxy) is 1. The number of aliphatic hydroxyl groups excluding tert-OH is 2. The van der Waals surface area contributed by atoms with Crippen molar-refractivity contribution in [3.8, 4) is 17.5 Å². The number of rotatable bonds is 8. The first-order valence-corrected chi connectivity index (χ1v) is 11.8. The van der Waals surface area contributed by atoms with E-state index in [9.17, 15) is 25.2 Å². The molecule has 1 aromatic heterocycles. The van der Waals surface area contributed by atoms with Gasteiger partial charge in [-0.3, -0.25) is 14.3 Å². The van der Waals surface area contributed by atoms with E-state index in [1.807, 2.05) is 25.1 Å². The molecule has 2 atom stereocenters. The Hall–Kier alpha value is -2.95. The number of fused-ring (bicyclic) bond motifs is 1. The van der Waals surface area contributed by atoms with Crippen molar-refractivity contribution in [3.05, 3.63) is 35.4 Å². The predicted octanol–water partition coefficient (Wildman–Crippen LogP) is 0.0568. The Morgan fingerprint density at radius 1 is 1.03 bits per heavy atom. The molecule has 0 bridgehead atoms. The average molecular weight is 475 g/mol. The summed E-state index contributed by atoms with van der Waals surface area (Å²) in [6.07, 6.45) is -1.94. The number of nitrogens with zero attached hydrogens (tertiary/aromatic N) is 3. The molecule has 1 aromatic carbocycles. The fourth-order valence-electron chi connectivity index (χ4n) is 4.73. The molecule has 2 aromatic rings. The molecule has 0 radical (unpaired) electrons. The summed E-state index contributed by atoms with van der Waals surface area (Å²) in [5, 5.41) is 43.4. The van der Waals surface area contributed by atoms with Crippen molar-refractivity contribution < 1.29 is 30.0 Å². The molecule has 0 spiro atoms. The topological polar surface area (TPSA) is 131 Å². The minimum atomic E-state index is -1.00. The van der Waals surface area contributed by atoms with Gasteiger partial charge in [0.05, 0.1) is 24.5 Å². The number of piperazine rings is 1. The quantitative estimate of drug-likeness (QED) is 0.363. The molecule has 5 N–H and O–H groups in total. The molecule has 34 heavy (non-hydrogen) atoms. The van der Waals surface area contributed by atoms with Gasteiger partial charge in [0.1, 0.15) is 12.3 Å². The minimum absolute atomic E-state index is 0.0333. The second-order valence-corrected chi connectivity index (χ2v) is 8.81. The standard InChI is InChI=1S/C24H34N4O6/c1-2-34-21-6-4-3-5-18(21)27-11-9-26(10-12-27)8-7-25-22(31)15-28-23(32)16-13-19(29)20(30)14-17(16)24(28)33/h3-6,19-20,29-30,32-33H,2,7-15H2,1H3,(H,25,31). The molecule has 2 heterocycles. The van der Waals surface area contributed by atoms with E-state index in [-0.39, 0.29) is 37.1 Å². The average Bonchev–Trinajstić information content (AvgIpc) is 3.05. The number of carbonyl (C=O) groups is 1. The van der Waals surface area contributed by atoms with Crippen molar-refractivity contribution >= 4 is 11.6 Å². The van der Waals surface area contributed by atoms with E-state index in [0.717, 1.165) is 42.2 Å². The Balaban J connectivity index is 1.24. The van der Waals surface area contributed by atoms with E-state index in [1.54, 1.807) is 0 Å². The third-order valence-electron chi connectivity index (χ3n) is 6.62. The van der Waals surface area contributed by atoms with Crippen molar-refractivity contribution in [2.45, 2.75) is 38.5 Å². The van der Waals surface area contributed by atoms with Crippen molar-refractivity contribution in [3.63, 3.8) is 0 Å². The summed E-state index contributed by atoms with van der Waals surface area (Å²) in [7, 11) is 0. The zero-order valence-electron chi connectivity index (χ0n) is 19.5. The van der Waals surface area contributed by atoms with Crippen LogP contribution < -0.4 is 15.0 Å². The highest BCUT2D eigenvalue weighted by Gasteiger charge is 2.33. The molecule has 10 heteroatoms. The van der Waals surface area contributed by atoms with E-state index >= 15 is 0 Å². The summed E-state index contributed by atoms with van der Waals surface area (Å²) < 4.78 is 6.87. The van der Waals surface area contributed by atoms with Crippen LogP contribution in [0.25, 0.3) is 0 Å². The van der Waals surface area contributed by atoms with Gasteiger partial charge in [-0.05, 0) is 19.1 Å². The highest BCUT2D eigenvalue weighted by Crippen LogP contribution is 2.38. The van der Waals surface area contributed by atoms with Crippen LogP contribution in [-0.2, 0) is 24.2 Å². The van der Waals surface area contributed by atoms with Gasteiger partial charge in [-0.1, -0.05) is 12.1 Å². The zero-order valence-corrected chi connectivity index (χ0v) is 19.5. The van der Waals surface area contributed by atoms with Gasteiger partial charge < -0.3 is 35.4 Å². The van der Waals surface area contributed by atoms with Crippen LogP contribution in [0.15, 0.2) is 24.3 Å². The zero-order chi connectivity index (χ0) is 24.2. The molecular formula is C24H34N4O6. The molecule has 1 fully saturated rings. The van der Waals surface area contributed by atoms with Gasteiger partial charge in [0.2, 0.25) is 5.91 Å². The minimum Gasteiger partial charge on any atom is -0.494 e. The van der Waals surface area contributed by atoms with Gasteiger partial charge in [0.25, 0.3) is 0 Å². The van der Waals surface area contributed by atoms with E-state index in [1.165, 1.54) is 0 Å². The molecule has 2 unspecified atom stereocenters. The lowest BCUT2D eigenvalue weighted by Gasteiger charge is -2.36. The maximum atomic E-state index is 12.4. The van der Waals surface area contributed by atoms with E-state index < -0.39 is 12.2 Å². The number of aromatic hydroxyl groups is 2. The summed E-state index contributed by atoms with van der Waals surface area (Å²) >= 11 is 0. The first-order valence-electron chi connectivity index (χ1n) is 11.8. The molecule has 1 saturated heterocycles. The predicted molar refractivity (Wildman–Crippen MR) is 126 cm³/mol. The highest BCUT2D eigenvalue weighted by atomic mass is 16.5. The molecule has 1 aliphatic heterocycles. The SMILES string of the molecule is CCOc1ccccc1N1CCN(CCNC(=O)Cn2c(O)c3c(c2O)CC(O)C(O)C3)CC1. The number of nitrogens with one attached hydrogen (secondary N) is 1. The van der Waals surface area contributed by atoms with Gasteiger partial charge in [-0.2, -0.15) is 0 Å². The first kappa shape index (κ1) is 24.2. The van der Waals surface area contributed by atoms with Crippen molar-refractivity contribution in [2.75, 3.05) is 50.8 Å². The van der Waals surface area contributed by atoms with Crippen LogP contribution in [-0.4, -0.2) is 93.9 Å². The molecule has 186 valence electrons. The lowest BCUT2D eigenvalue weighted by molar-refractivity contribution is -0.121. The lowest BCUT2D eigenvalue weighted by Crippen LogP contribution is -2.48. The van der Waals surface area contributed by atoms with Crippen LogP contribution in [0.2, 0.25) is 0 Å². The lowest BCUT2D eigenvalue weighted by atomic mass is 9.90. The van der Waals surface area contributed by atoms with Gasteiger partial charge in [-0.25, -0.2) is 0 Å². The number of carbonyl (C=O) groups excluding carboxylic acids is 1. The molecular weight excluding hydrogens is 440 g/mol. The monoisotopic (exact) mass is 474 g/mol. The number of aromatic nitrogens is 1. The number of aliphatic hydroxyl groups is 2. The number of para-hydroxylation sites is 2. The maximum absolute atomic E-state index is 12.4. The molecule has 1 aliphatic carbocycles. The van der Waals surface area contributed by atoms with Gasteiger partial charge in [0, 0.05) is 63.2 Å². The fourth-order valence-corrected chi connectivity index (χ4v) is 4.73. The van der Waals surface area contributed by atoms with Crippen molar-refractivity contribution in [2.24, 2.45) is 0 Å². The van der Waals surface area contributed by atoms with Crippen LogP contribution in [0, 0.1) is 0 Å². The summed E-state index contributed by atoms with van der Waals surface area (Å²) in [6, 6.07) is 8.05. The van der Waals surface area contributed by atoms with Crippen LogP contribution in [0.1, 0.15) is 18.1 Å². The summed E-state index contributed by atoms with van der Waals surface area (Å²) in [4.78, 5) is 17.0. The second-order valence-electron chi connectivity index (χ2n) is 8.81. The van der Waals surface area contributed by atoms with Crippen molar-refractivity contribution in [1.29, 1.82) is 0 Å². The number of anilines is 1. The Morgan fingerprint density at radius 3 is 2.26 bits per heavy atom. The Morgan fingerprint density at radius 2 is 1.65 bits per heavy atom. The van der Waals surface area contributed by atoms with E-state index in [0.29, 0.717) is 30.8 Å². The Bertz CT molecular complexity index is 968. The number of amides is 1. The van der Waals surface area contributed by atoms with Gasteiger partial charge in [-0.15, -0.1) is 0 Å². The van der Waals surface area contributed by atoms with E-state index in [2.05, 4.69) is 21.2 Å². The van der Waals surface area contributed by atoms with E-state index in [4.69, 9.17) is 4.74 Å². The molecule has 0 saturated carbocycles. The summed E-state index contributed by atoms with van der Waals surface area (Å²) in [6.45, 7) is 6.99. The van der Waals surface area contributed by atoms with Crippen LogP contribution >= 0.6 is 0 Å². The van der Waals surface area contributed by atoms with Crippen LogP contribution in [0.4, 0.5) is 5.69 Å². The normalized spacial score (nSPS) is 20.7. The third kappa shape index (κ3) is 5.08. The number of benzene rings is 1. The molecule has 10 nitrogen and oxygen atoms in total. The summed E-state index contributed by atoms with van der Waals surface area (Å²) in [5.74, 6) is 0.0883. The second kappa shape index (κ2) is 10.5. The van der Waals surface area contributed by atoms with Crippen molar-refractivity contribution in [1.82, 2.24) is 14.8 Å². The largest absolute Gasteiger partial charge is 0.494 e. The summed E-state index contributed by atoms with van der Waals surface area (Å²) in [5.41, 5.74) is 1.87. The first-order chi connectivity index (χ1) is 16.4.